The summed E-state index contributed by atoms with van der Waals surface area (Å²) in [5.41, 5.74) is 3.56. The van der Waals surface area contributed by atoms with E-state index in [-0.39, 0.29) is 17.1 Å². The zero-order valence-electron chi connectivity index (χ0n) is 15.5. The minimum atomic E-state index is -0.841. The van der Waals surface area contributed by atoms with Crippen molar-refractivity contribution in [2.45, 2.75) is 51.9 Å². The summed E-state index contributed by atoms with van der Waals surface area (Å²) in [6.07, 6.45) is 0. The molecule has 2 rings (SSSR count). The first-order valence-corrected chi connectivity index (χ1v) is 8.55. The van der Waals surface area contributed by atoms with Gasteiger partial charge in [0.25, 0.3) is 0 Å². The van der Waals surface area contributed by atoms with Crippen LogP contribution in [0.4, 0.5) is 0 Å². The maximum Gasteiger partial charge on any atom is 0.311 e. The van der Waals surface area contributed by atoms with E-state index in [2.05, 4.69) is 20.8 Å². The first-order valence-electron chi connectivity index (χ1n) is 8.55. The summed E-state index contributed by atoms with van der Waals surface area (Å²) in [5, 5.41) is 9.78. The average molecular weight is 338 g/mol. The van der Waals surface area contributed by atoms with E-state index in [1.54, 1.807) is 12.1 Å². The van der Waals surface area contributed by atoms with Crippen molar-refractivity contribution in [2.24, 2.45) is 0 Å². The highest BCUT2D eigenvalue weighted by molar-refractivity contribution is 5.94. The van der Waals surface area contributed by atoms with Gasteiger partial charge in [0.1, 0.15) is 0 Å². The lowest BCUT2D eigenvalue weighted by Gasteiger charge is -2.23. The van der Waals surface area contributed by atoms with Crippen molar-refractivity contribution in [1.82, 2.24) is 0 Å². The summed E-state index contributed by atoms with van der Waals surface area (Å²) in [6, 6.07) is 15.1. The van der Waals surface area contributed by atoms with Gasteiger partial charge in [-0.25, -0.2) is 0 Å². The van der Waals surface area contributed by atoms with Crippen molar-refractivity contribution in [3.8, 4) is 0 Å². The van der Waals surface area contributed by atoms with Crippen LogP contribution in [0.2, 0.25) is 0 Å². The van der Waals surface area contributed by atoms with Crippen LogP contribution in [-0.4, -0.2) is 16.9 Å². The van der Waals surface area contributed by atoms with Crippen molar-refractivity contribution in [3.63, 3.8) is 0 Å². The molecule has 2 atom stereocenters. The second-order valence-electron chi connectivity index (χ2n) is 7.65. The molecule has 2 unspecified atom stereocenters. The fraction of sp³-hybridized carbons (Fsp3) is 0.364. The highest BCUT2D eigenvalue weighted by Crippen LogP contribution is 2.34. The zero-order valence-corrected chi connectivity index (χ0v) is 15.5. The molecule has 0 fully saturated rings. The van der Waals surface area contributed by atoms with E-state index in [4.69, 9.17) is 0 Å². The number of Topliss-reactive ketones (excluding diaryl/α,β-unsaturated/α-hetero) is 1. The highest BCUT2D eigenvalue weighted by atomic mass is 16.4. The van der Waals surface area contributed by atoms with E-state index < -0.39 is 11.9 Å². The smallest absolute Gasteiger partial charge is 0.311 e. The van der Waals surface area contributed by atoms with Crippen LogP contribution in [-0.2, 0) is 10.2 Å². The lowest BCUT2D eigenvalue weighted by molar-refractivity contribution is -0.139. The maximum atomic E-state index is 11.9. The van der Waals surface area contributed by atoms with Crippen LogP contribution in [0.3, 0.4) is 0 Å². The Morgan fingerprint density at radius 1 is 0.880 bits per heavy atom. The molecule has 3 nitrogen and oxygen atoms in total. The number of aliphatic carboxylic acids is 1. The Bertz CT molecular complexity index is 749. The molecule has 0 radical (unpaired) electrons. The molecule has 0 spiro atoms. The molecule has 132 valence electrons. The van der Waals surface area contributed by atoms with E-state index >= 15 is 0 Å². The molecule has 3 heteroatoms. The fourth-order valence-corrected chi connectivity index (χ4v) is 3.05. The molecular formula is C22H26O3. The second kappa shape index (κ2) is 7.22. The van der Waals surface area contributed by atoms with Crippen LogP contribution < -0.4 is 0 Å². The minimum Gasteiger partial charge on any atom is -0.481 e. The van der Waals surface area contributed by atoms with Gasteiger partial charge in [0.15, 0.2) is 5.78 Å². The monoisotopic (exact) mass is 338 g/mol. The van der Waals surface area contributed by atoms with Gasteiger partial charge >= 0.3 is 5.97 Å². The van der Waals surface area contributed by atoms with Crippen molar-refractivity contribution in [2.75, 3.05) is 0 Å². The summed E-state index contributed by atoms with van der Waals surface area (Å²) in [4.78, 5) is 23.3. The Morgan fingerprint density at radius 3 is 1.76 bits per heavy atom. The van der Waals surface area contributed by atoms with Crippen LogP contribution in [0, 0.1) is 0 Å². The largest absolute Gasteiger partial charge is 0.481 e. The molecule has 0 amide bonds. The molecule has 2 aromatic carbocycles. The Labute approximate surface area is 149 Å². The van der Waals surface area contributed by atoms with Gasteiger partial charge in [0.05, 0.1) is 5.92 Å². The van der Waals surface area contributed by atoms with Crippen LogP contribution in [0.1, 0.15) is 73.5 Å². The fourth-order valence-electron chi connectivity index (χ4n) is 3.05. The number of hydrogen-bond acceptors (Lipinski definition) is 2. The number of hydrogen-bond donors (Lipinski definition) is 1. The van der Waals surface area contributed by atoms with Gasteiger partial charge in [-0.15, -0.1) is 0 Å². The molecule has 25 heavy (non-hydrogen) atoms. The van der Waals surface area contributed by atoms with Gasteiger partial charge in [-0.2, -0.15) is 0 Å². The second-order valence-corrected chi connectivity index (χ2v) is 7.65. The lowest BCUT2D eigenvalue weighted by Crippen LogP contribution is -2.19. The van der Waals surface area contributed by atoms with Crippen molar-refractivity contribution in [1.29, 1.82) is 0 Å². The standard InChI is InChI=1S/C22H26O3/c1-14(16-6-8-17(9-7-16)15(2)23)20(21(24)25)18-10-12-19(13-11-18)22(3,4)5/h6-14,20H,1-5H3,(H,24,25). The molecule has 0 bridgehead atoms. The van der Waals surface area contributed by atoms with Gasteiger partial charge < -0.3 is 5.11 Å². The van der Waals surface area contributed by atoms with E-state index in [9.17, 15) is 14.7 Å². The van der Waals surface area contributed by atoms with Gasteiger partial charge in [0.2, 0.25) is 0 Å². The van der Waals surface area contributed by atoms with Crippen LogP contribution in [0.25, 0.3) is 0 Å². The molecular weight excluding hydrogens is 312 g/mol. The zero-order chi connectivity index (χ0) is 18.8. The van der Waals surface area contributed by atoms with E-state index in [1.165, 1.54) is 12.5 Å². The van der Waals surface area contributed by atoms with Crippen molar-refractivity contribution in [3.05, 3.63) is 70.8 Å². The lowest BCUT2D eigenvalue weighted by atomic mass is 9.80. The summed E-state index contributed by atoms with van der Waals surface area (Å²) in [6.45, 7) is 9.84. The van der Waals surface area contributed by atoms with E-state index in [1.807, 2.05) is 43.3 Å². The van der Waals surface area contributed by atoms with Crippen molar-refractivity contribution < 1.29 is 14.7 Å². The minimum absolute atomic E-state index is 0.00626. The molecule has 2 aromatic rings. The summed E-state index contributed by atoms with van der Waals surface area (Å²) >= 11 is 0. The van der Waals surface area contributed by atoms with E-state index in [0.29, 0.717) is 5.56 Å². The third kappa shape index (κ3) is 4.36. The molecule has 0 saturated heterocycles. The number of carbonyl (C=O) groups excluding carboxylic acids is 1. The molecule has 0 aliphatic heterocycles. The first-order chi connectivity index (χ1) is 11.6. The summed E-state index contributed by atoms with van der Waals surface area (Å²) in [7, 11) is 0. The predicted octanol–water partition coefficient (Wildman–Crippen LogP) is 5.16. The molecule has 0 heterocycles. The molecule has 0 aliphatic carbocycles. The normalized spacial score (nSPS) is 14.0. The molecule has 0 aliphatic rings. The molecule has 1 N–H and O–H groups in total. The molecule has 0 aromatic heterocycles. The molecule has 0 saturated carbocycles. The first kappa shape index (κ1) is 18.9. The highest BCUT2D eigenvalue weighted by Gasteiger charge is 2.28. The number of carboxylic acid groups (broad SMARTS) is 1. The average Bonchev–Trinajstić information content (AvgIpc) is 2.54. The van der Waals surface area contributed by atoms with E-state index in [0.717, 1.165) is 11.1 Å². The SMILES string of the molecule is CC(=O)c1ccc(C(C)C(C(=O)O)c2ccc(C(C)(C)C)cc2)cc1. The quantitative estimate of drug-likeness (QED) is 0.766. The Morgan fingerprint density at radius 2 is 1.36 bits per heavy atom. The third-order valence-electron chi connectivity index (χ3n) is 4.74. The summed E-state index contributed by atoms with van der Waals surface area (Å²) < 4.78 is 0. The number of benzene rings is 2. The van der Waals surface area contributed by atoms with Gasteiger partial charge in [0, 0.05) is 5.56 Å². The van der Waals surface area contributed by atoms with Crippen LogP contribution in [0.5, 0.6) is 0 Å². The van der Waals surface area contributed by atoms with Crippen LogP contribution in [0.15, 0.2) is 48.5 Å². The number of carboxylic acids is 1. The van der Waals surface area contributed by atoms with Crippen LogP contribution >= 0.6 is 0 Å². The Balaban J connectivity index is 2.34. The maximum absolute atomic E-state index is 11.9. The number of carbonyl (C=O) groups is 2. The van der Waals surface area contributed by atoms with Crippen molar-refractivity contribution >= 4 is 11.8 Å². The third-order valence-corrected chi connectivity index (χ3v) is 4.74. The van der Waals surface area contributed by atoms with Gasteiger partial charge in [-0.3, -0.25) is 9.59 Å². The van der Waals surface area contributed by atoms with Gasteiger partial charge in [-0.05, 0) is 34.9 Å². The Hall–Kier alpha value is -2.42. The number of ketones is 1. The number of rotatable bonds is 5. The summed E-state index contributed by atoms with van der Waals surface area (Å²) in [5.74, 6) is -1.66. The topological polar surface area (TPSA) is 54.4 Å². The Kier molecular flexibility index (Phi) is 5.46. The van der Waals surface area contributed by atoms with Gasteiger partial charge in [-0.1, -0.05) is 76.2 Å². The predicted molar refractivity (Wildman–Crippen MR) is 100 cm³/mol.